The minimum absolute atomic E-state index is 0.00293. The van der Waals surface area contributed by atoms with Gasteiger partial charge in [0, 0.05) is 37.8 Å². The highest BCUT2D eigenvalue weighted by atomic mass is 16.7. The van der Waals surface area contributed by atoms with E-state index in [4.69, 9.17) is 46.7 Å². The van der Waals surface area contributed by atoms with Crippen LogP contribution in [0.5, 0.6) is 23.0 Å². The third-order valence-corrected chi connectivity index (χ3v) is 10.9. The van der Waals surface area contributed by atoms with Crippen molar-refractivity contribution in [1.29, 1.82) is 0 Å². The number of amides is 2. The summed E-state index contributed by atoms with van der Waals surface area (Å²) >= 11 is 0. The zero-order valence-corrected chi connectivity index (χ0v) is 36.6. The van der Waals surface area contributed by atoms with Crippen molar-refractivity contribution in [2.24, 2.45) is 0 Å². The number of aliphatic hydroxyl groups is 4. The Bertz CT molecular complexity index is 2310. The molecule has 2 aromatic carbocycles. The van der Waals surface area contributed by atoms with Crippen molar-refractivity contribution in [3.05, 3.63) is 69.4 Å². The van der Waals surface area contributed by atoms with Crippen LogP contribution in [0, 0.1) is 0 Å². The molecule has 64 heavy (non-hydrogen) atoms. The number of aliphatic hydroxyl groups excluding tert-OH is 4. The quantitative estimate of drug-likeness (QED) is 0.0696. The SMILES string of the molecule is COc1c(O[C@H]2OC(C)(C)[C@@H](OC)[C@H](O)[C@@H]2O)ccc2cc(NC(=O)CC/C=C/CCC(=O)Nc3cc4ccc(O[C@H]5OC(C)(C)[C@@H](OC)[C@H](O)[C@@H]5O)c(OC)c4oc3=O)c(=O)oc12. The van der Waals surface area contributed by atoms with Crippen LogP contribution in [0.4, 0.5) is 11.4 Å². The summed E-state index contributed by atoms with van der Waals surface area (Å²) < 4.78 is 56.2. The Morgan fingerprint density at radius 1 is 0.625 bits per heavy atom. The lowest BCUT2D eigenvalue weighted by Gasteiger charge is -2.46. The molecule has 8 atom stereocenters. The van der Waals surface area contributed by atoms with Crippen molar-refractivity contribution in [2.75, 3.05) is 39.1 Å². The van der Waals surface area contributed by atoms with E-state index in [0.29, 0.717) is 10.8 Å². The van der Waals surface area contributed by atoms with E-state index in [9.17, 15) is 39.6 Å². The molecule has 2 aromatic heterocycles. The lowest BCUT2D eigenvalue weighted by atomic mass is 9.89. The van der Waals surface area contributed by atoms with Crippen LogP contribution in [0.1, 0.15) is 53.4 Å². The molecule has 6 N–H and O–H groups in total. The van der Waals surface area contributed by atoms with Crippen LogP contribution in [-0.2, 0) is 28.5 Å². The van der Waals surface area contributed by atoms with Gasteiger partial charge in [-0.2, -0.15) is 0 Å². The highest BCUT2D eigenvalue weighted by Crippen LogP contribution is 2.41. The highest BCUT2D eigenvalue weighted by molar-refractivity contribution is 5.95. The van der Waals surface area contributed by atoms with E-state index in [2.05, 4.69) is 10.6 Å². The molecule has 20 nitrogen and oxygen atoms in total. The summed E-state index contributed by atoms with van der Waals surface area (Å²) in [4.78, 5) is 51.4. The van der Waals surface area contributed by atoms with Crippen molar-refractivity contribution in [3.8, 4) is 23.0 Å². The Kier molecular flexibility index (Phi) is 14.7. The number of carbonyl (C=O) groups is 2. The van der Waals surface area contributed by atoms with Gasteiger partial charge in [0.25, 0.3) is 0 Å². The summed E-state index contributed by atoms with van der Waals surface area (Å²) in [6.07, 6.45) is -5.93. The number of fused-ring (bicyclic) bond motifs is 2. The number of nitrogens with one attached hydrogen (secondary N) is 2. The van der Waals surface area contributed by atoms with Gasteiger partial charge in [0.1, 0.15) is 48.0 Å². The number of anilines is 2. The topological polar surface area (TPSA) is 273 Å². The second kappa shape index (κ2) is 19.7. The van der Waals surface area contributed by atoms with E-state index >= 15 is 0 Å². The molecule has 2 aliphatic heterocycles. The zero-order chi connectivity index (χ0) is 46.7. The first-order chi connectivity index (χ1) is 30.3. The molecule has 0 saturated carbocycles. The molecular weight excluding hydrogens is 844 g/mol. The van der Waals surface area contributed by atoms with Gasteiger partial charge in [-0.3, -0.25) is 9.59 Å². The minimum atomic E-state index is -1.48. The van der Waals surface area contributed by atoms with E-state index in [1.165, 1.54) is 52.7 Å². The van der Waals surface area contributed by atoms with E-state index in [0.717, 1.165) is 0 Å². The van der Waals surface area contributed by atoms with Gasteiger partial charge < -0.3 is 77.8 Å². The maximum Gasteiger partial charge on any atom is 0.360 e. The van der Waals surface area contributed by atoms with Crippen LogP contribution in [0.3, 0.4) is 0 Å². The average Bonchev–Trinajstić information content (AvgIpc) is 3.23. The molecule has 2 amide bonds. The number of ether oxygens (including phenoxy) is 8. The Labute approximate surface area is 366 Å². The third-order valence-electron chi connectivity index (χ3n) is 10.9. The number of hydrogen-bond donors (Lipinski definition) is 6. The molecule has 2 saturated heterocycles. The lowest BCUT2D eigenvalue weighted by Crippen LogP contribution is -2.63. The number of allylic oxidation sites excluding steroid dienone is 2. The molecule has 2 aliphatic rings. The number of carbonyl (C=O) groups excluding carboxylic acids is 2. The van der Waals surface area contributed by atoms with Gasteiger partial charge in [0.05, 0.1) is 25.4 Å². The monoisotopic (exact) mass is 898 g/mol. The lowest BCUT2D eigenvalue weighted by molar-refractivity contribution is -0.306. The van der Waals surface area contributed by atoms with Crippen molar-refractivity contribution in [3.63, 3.8) is 0 Å². The number of rotatable bonds is 16. The molecule has 2 fully saturated rings. The fraction of sp³-hybridized carbons (Fsp3) is 0.500. The summed E-state index contributed by atoms with van der Waals surface area (Å²) in [5.41, 5.74) is -3.98. The van der Waals surface area contributed by atoms with Gasteiger partial charge in [-0.1, -0.05) is 12.2 Å². The van der Waals surface area contributed by atoms with Crippen LogP contribution >= 0.6 is 0 Å². The molecule has 0 aliphatic carbocycles. The van der Waals surface area contributed by atoms with Gasteiger partial charge in [-0.25, -0.2) is 9.59 Å². The van der Waals surface area contributed by atoms with Gasteiger partial charge >= 0.3 is 11.3 Å². The first kappa shape index (κ1) is 47.9. The third kappa shape index (κ3) is 10.0. The van der Waals surface area contributed by atoms with Crippen LogP contribution in [0.2, 0.25) is 0 Å². The Hall–Kier alpha value is -5.58. The summed E-state index contributed by atoms with van der Waals surface area (Å²) in [5.74, 6) is -0.777. The standard InChI is InChI=1S/C44H54N2O18/c1-43(2)37(57-7)29(49)31(51)41(63-43)59-25-17-15-21-19-23(39(53)61-33(21)35(25)55-5)45-27(47)13-11-9-10-12-14-28(48)46-24-20-22-16-18-26(36(56-6)34(22)62-40(24)54)60-42-32(52)30(50)38(58-8)44(3,4)64-42/h9-10,15-20,29-32,37-38,41-42,49-52H,11-14H2,1-8H3,(H,45,47)(H,46,48)/b10-9+/t29-,30-,31+,32+,37+,38+,41+,42+/m1/s1. The van der Waals surface area contributed by atoms with E-state index in [1.54, 1.807) is 52.0 Å². The fourth-order valence-electron chi connectivity index (χ4n) is 7.78. The number of benzene rings is 2. The molecule has 348 valence electrons. The van der Waals surface area contributed by atoms with Gasteiger partial charge in [0.15, 0.2) is 22.7 Å². The molecule has 0 unspecified atom stereocenters. The largest absolute Gasteiger partial charge is 0.490 e. The van der Waals surface area contributed by atoms with E-state index in [1.807, 2.05) is 0 Å². The highest BCUT2D eigenvalue weighted by Gasteiger charge is 2.52. The van der Waals surface area contributed by atoms with Crippen LogP contribution < -0.4 is 40.8 Å². The Balaban J connectivity index is 1.000. The van der Waals surface area contributed by atoms with Crippen LogP contribution in [0.15, 0.2) is 67.0 Å². The van der Waals surface area contributed by atoms with Crippen LogP contribution in [0.25, 0.3) is 21.9 Å². The fourth-order valence-corrected chi connectivity index (χ4v) is 7.78. The van der Waals surface area contributed by atoms with Gasteiger partial charge in [0.2, 0.25) is 35.9 Å². The molecular formula is C44H54N2O18. The summed E-state index contributed by atoms with van der Waals surface area (Å²) in [6.45, 7) is 6.71. The van der Waals surface area contributed by atoms with Crippen molar-refractivity contribution in [1.82, 2.24) is 0 Å². The van der Waals surface area contributed by atoms with Crippen LogP contribution in [-0.4, -0.2) is 121 Å². The predicted molar refractivity (Wildman–Crippen MR) is 228 cm³/mol. The van der Waals surface area contributed by atoms with Gasteiger partial charge in [-0.15, -0.1) is 0 Å². The smallest absolute Gasteiger partial charge is 0.360 e. The first-order valence-electron chi connectivity index (χ1n) is 20.3. The second-order valence-corrected chi connectivity index (χ2v) is 16.3. The van der Waals surface area contributed by atoms with Crippen molar-refractivity contribution >= 4 is 45.1 Å². The molecule has 0 spiro atoms. The predicted octanol–water partition coefficient (Wildman–Crippen LogP) is 3.11. The minimum Gasteiger partial charge on any atom is -0.490 e. The average molecular weight is 899 g/mol. The molecule has 0 radical (unpaired) electrons. The first-order valence-corrected chi connectivity index (χ1v) is 20.3. The van der Waals surface area contributed by atoms with E-state index in [-0.39, 0.29) is 71.2 Å². The molecule has 6 rings (SSSR count). The number of hydrogen-bond acceptors (Lipinski definition) is 18. The Morgan fingerprint density at radius 2 is 1.00 bits per heavy atom. The second-order valence-electron chi connectivity index (χ2n) is 16.3. The van der Waals surface area contributed by atoms with Crippen molar-refractivity contribution in [2.45, 2.75) is 114 Å². The molecule has 20 heteroatoms. The molecule has 4 heterocycles. The molecule has 0 bridgehead atoms. The van der Waals surface area contributed by atoms with Gasteiger partial charge in [-0.05, 0) is 76.9 Å². The zero-order valence-electron chi connectivity index (χ0n) is 36.6. The summed E-state index contributed by atoms with van der Waals surface area (Å²) in [7, 11) is 5.45. The maximum atomic E-state index is 12.9. The summed E-state index contributed by atoms with van der Waals surface area (Å²) in [5, 5.41) is 48.5. The summed E-state index contributed by atoms with van der Waals surface area (Å²) in [6, 6.07) is 8.97. The Morgan fingerprint density at radius 3 is 1.34 bits per heavy atom. The number of methoxy groups -OCH3 is 4. The molecule has 4 aromatic rings. The van der Waals surface area contributed by atoms with E-state index < -0.39 is 83.5 Å². The normalized spacial score (nSPS) is 25.2. The van der Waals surface area contributed by atoms with Crippen molar-refractivity contribution < 1.29 is 76.7 Å². The maximum absolute atomic E-state index is 12.9.